The lowest BCUT2D eigenvalue weighted by atomic mass is 10.1. The quantitative estimate of drug-likeness (QED) is 0.611. The van der Waals surface area contributed by atoms with Gasteiger partial charge in [-0.15, -0.1) is 0 Å². The maximum absolute atomic E-state index is 12.5. The zero-order valence-corrected chi connectivity index (χ0v) is 15.5. The largest absolute Gasteiger partial charge is 0.451 e. The normalized spacial score (nSPS) is 15.0. The fourth-order valence-corrected chi connectivity index (χ4v) is 2.92. The molecule has 0 saturated heterocycles. The van der Waals surface area contributed by atoms with Gasteiger partial charge in [0.2, 0.25) is 0 Å². The Hall–Kier alpha value is -3.48. The van der Waals surface area contributed by atoms with Crippen molar-refractivity contribution in [3.8, 4) is 0 Å². The standard InChI is InChI=1S/C21H20N2O5/c1-13(23-19(25)16-10-6-7-11-17(16)20(23)26)21(27)28-14(2)18(24)22-12-15-8-4-3-5-9-15/h3-11,13-14H,12H2,1-2H3,(H,22,24)/t13-,14-/m1/s1. The van der Waals surface area contributed by atoms with Crippen LogP contribution in [0.3, 0.4) is 0 Å². The van der Waals surface area contributed by atoms with Gasteiger partial charge in [0.15, 0.2) is 6.10 Å². The number of ether oxygens (including phenoxy) is 1. The first-order valence-corrected chi connectivity index (χ1v) is 8.89. The van der Waals surface area contributed by atoms with Gasteiger partial charge in [0.05, 0.1) is 11.1 Å². The summed E-state index contributed by atoms with van der Waals surface area (Å²) in [6, 6.07) is 14.5. The van der Waals surface area contributed by atoms with Gasteiger partial charge in [0.1, 0.15) is 6.04 Å². The number of benzene rings is 2. The average Bonchev–Trinajstić information content (AvgIpc) is 2.97. The second-order valence-electron chi connectivity index (χ2n) is 6.48. The molecule has 3 rings (SSSR count). The molecule has 1 heterocycles. The highest BCUT2D eigenvalue weighted by Gasteiger charge is 2.41. The van der Waals surface area contributed by atoms with E-state index in [2.05, 4.69) is 5.32 Å². The Bertz CT molecular complexity index is 890. The molecular formula is C21H20N2O5. The summed E-state index contributed by atoms with van der Waals surface area (Å²) < 4.78 is 5.17. The van der Waals surface area contributed by atoms with Crippen molar-refractivity contribution in [2.45, 2.75) is 32.5 Å². The van der Waals surface area contributed by atoms with Crippen LogP contribution in [0.25, 0.3) is 0 Å². The van der Waals surface area contributed by atoms with E-state index in [1.54, 1.807) is 12.1 Å². The summed E-state index contributed by atoms with van der Waals surface area (Å²) in [5.74, 6) is -2.39. The maximum atomic E-state index is 12.5. The number of nitrogens with zero attached hydrogens (tertiary/aromatic N) is 1. The zero-order chi connectivity index (χ0) is 20.3. The van der Waals surface area contributed by atoms with Crippen LogP contribution in [0.5, 0.6) is 0 Å². The summed E-state index contributed by atoms with van der Waals surface area (Å²) in [4.78, 5) is 50.3. The van der Waals surface area contributed by atoms with Crippen LogP contribution in [-0.2, 0) is 20.9 Å². The molecule has 0 unspecified atom stereocenters. The molecule has 7 nitrogen and oxygen atoms in total. The molecule has 0 aromatic heterocycles. The van der Waals surface area contributed by atoms with Crippen LogP contribution in [0.15, 0.2) is 54.6 Å². The number of fused-ring (bicyclic) bond motifs is 1. The Balaban J connectivity index is 1.59. The van der Waals surface area contributed by atoms with Gasteiger partial charge >= 0.3 is 5.97 Å². The second kappa shape index (κ2) is 8.04. The minimum Gasteiger partial charge on any atom is -0.451 e. The van der Waals surface area contributed by atoms with Crippen molar-refractivity contribution < 1.29 is 23.9 Å². The summed E-state index contributed by atoms with van der Waals surface area (Å²) in [6.45, 7) is 3.14. The van der Waals surface area contributed by atoms with Gasteiger partial charge in [-0.1, -0.05) is 42.5 Å². The molecule has 0 spiro atoms. The Morgan fingerprint density at radius 2 is 1.46 bits per heavy atom. The van der Waals surface area contributed by atoms with Crippen LogP contribution in [0.4, 0.5) is 0 Å². The van der Waals surface area contributed by atoms with Crippen molar-refractivity contribution in [2.24, 2.45) is 0 Å². The van der Waals surface area contributed by atoms with E-state index in [9.17, 15) is 19.2 Å². The van der Waals surface area contributed by atoms with Gasteiger partial charge in [-0.2, -0.15) is 0 Å². The number of imide groups is 1. The number of esters is 1. The van der Waals surface area contributed by atoms with Gasteiger partial charge in [0, 0.05) is 6.54 Å². The Kier molecular flexibility index (Phi) is 5.54. The molecule has 2 atom stereocenters. The molecule has 1 N–H and O–H groups in total. The van der Waals surface area contributed by atoms with Gasteiger partial charge in [-0.05, 0) is 31.5 Å². The summed E-state index contributed by atoms with van der Waals surface area (Å²) >= 11 is 0. The highest BCUT2D eigenvalue weighted by atomic mass is 16.5. The molecule has 0 aliphatic carbocycles. The van der Waals surface area contributed by atoms with Crippen molar-refractivity contribution >= 4 is 23.7 Å². The van der Waals surface area contributed by atoms with Crippen LogP contribution in [0, 0.1) is 0 Å². The SMILES string of the molecule is C[C@H](C(=O)O[C@H](C)C(=O)NCc1ccccc1)N1C(=O)c2ccccc2C1=O. The highest BCUT2D eigenvalue weighted by Crippen LogP contribution is 2.24. The number of nitrogens with one attached hydrogen (secondary N) is 1. The molecule has 28 heavy (non-hydrogen) atoms. The summed E-state index contributed by atoms with van der Waals surface area (Å²) in [5.41, 5.74) is 1.41. The Morgan fingerprint density at radius 1 is 0.929 bits per heavy atom. The number of rotatable bonds is 6. The fraction of sp³-hybridized carbons (Fsp3) is 0.238. The molecular weight excluding hydrogens is 360 g/mol. The Morgan fingerprint density at radius 3 is 2.04 bits per heavy atom. The minimum absolute atomic E-state index is 0.251. The molecule has 2 aromatic rings. The molecule has 7 heteroatoms. The summed E-state index contributed by atoms with van der Waals surface area (Å²) in [7, 11) is 0. The van der Waals surface area contributed by atoms with Crippen LogP contribution in [-0.4, -0.2) is 40.7 Å². The van der Waals surface area contributed by atoms with Crippen molar-refractivity contribution in [1.82, 2.24) is 10.2 Å². The van der Waals surface area contributed by atoms with Crippen molar-refractivity contribution in [3.05, 3.63) is 71.3 Å². The molecule has 0 fully saturated rings. The lowest BCUT2D eigenvalue weighted by Crippen LogP contribution is -2.46. The monoisotopic (exact) mass is 380 g/mol. The first-order chi connectivity index (χ1) is 13.4. The van der Waals surface area contributed by atoms with Crippen molar-refractivity contribution in [2.75, 3.05) is 0 Å². The van der Waals surface area contributed by atoms with Crippen molar-refractivity contribution in [1.29, 1.82) is 0 Å². The first kappa shape index (κ1) is 19.3. The molecule has 0 bridgehead atoms. The third-order valence-electron chi connectivity index (χ3n) is 4.53. The number of amides is 3. The molecule has 0 saturated carbocycles. The van der Waals surface area contributed by atoms with Gasteiger partial charge in [0.25, 0.3) is 17.7 Å². The predicted octanol–water partition coefficient (Wildman–Crippen LogP) is 1.92. The number of hydrogen-bond donors (Lipinski definition) is 1. The number of carbonyl (C=O) groups excluding carboxylic acids is 4. The summed E-state index contributed by atoms with van der Waals surface area (Å²) in [5, 5.41) is 2.68. The minimum atomic E-state index is -1.14. The van der Waals surface area contributed by atoms with E-state index >= 15 is 0 Å². The third-order valence-corrected chi connectivity index (χ3v) is 4.53. The predicted molar refractivity (Wildman–Crippen MR) is 100 cm³/mol. The maximum Gasteiger partial charge on any atom is 0.329 e. The van der Waals surface area contributed by atoms with Crippen LogP contribution in [0.2, 0.25) is 0 Å². The lowest BCUT2D eigenvalue weighted by molar-refractivity contribution is -0.158. The highest BCUT2D eigenvalue weighted by molar-refractivity contribution is 6.22. The number of hydrogen-bond acceptors (Lipinski definition) is 5. The van der Waals surface area contributed by atoms with Crippen LogP contribution < -0.4 is 5.32 Å². The van der Waals surface area contributed by atoms with Gasteiger partial charge in [-0.3, -0.25) is 19.3 Å². The van der Waals surface area contributed by atoms with Crippen molar-refractivity contribution in [3.63, 3.8) is 0 Å². The van der Waals surface area contributed by atoms with E-state index in [-0.39, 0.29) is 11.1 Å². The van der Waals surface area contributed by atoms with E-state index in [0.29, 0.717) is 6.54 Å². The van der Waals surface area contributed by atoms with E-state index < -0.39 is 35.8 Å². The molecule has 1 aliphatic rings. The van der Waals surface area contributed by atoms with E-state index in [4.69, 9.17) is 4.74 Å². The van der Waals surface area contributed by atoms with Gasteiger partial charge < -0.3 is 10.1 Å². The Labute approximate surface area is 162 Å². The zero-order valence-electron chi connectivity index (χ0n) is 15.5. The van der Waals surface area contributed by atoms with E-state index in [1.807, 2.05) is 30.3 Å². The fourth-order valence-electron chi connectivity index (χ4n) is 2.92. The topological polar surface area (TPSA) is 92.8 Å². The van der Waals surface area contributed by atoms with Crippen LogP contribution >= 0.6 is 0 Å². The van der Waals surface area contributed by atoms with Crippen LogP contribution in [0.1, 0.15) is 40.1 Å². The summed E-state index contributed by atoms with van der Waals surface area (Å²) in [6.07, 6.45) is -1.06. The van der Waals surface area contributed by atoms with Gasteiger partial charge in [-0.25, -0.2) is 4.79 Å². The number of carbonyl (C=O) groups is 4. The smallest absolute Gasteiger partial charge is 0.329 e. The van der Waals surface area contributed by atoms with E-state index in [0.717, 1.165) is 10.5 Å². The molecule has 2 aromatic carbocycles. The lowest BCUT2D eigenvalue weighted by Gasteiger charge is -2.22. The average molecular weight is 380 g/mol. The second-order valence-corrected chi connectivity index (χ2v) is 6.48. The molecule has 0 radical (unpaired) electrons. The third kappa shape index (κ3) is 3.78. The molecule has 144 valence electrons. The van der Waals surface area contributed by atoms with E-state index in [1.165, 1.54) is 26.0 Å². The first-order valence-electron chi connectivity index (χ1n) is 8.89. The molecule has 1 aliphatic heterocycles. The molecule has 3 amide bonds.